The van der Waals surface area contributed by atoms with Crippen molar-refractivity contribution in [1.82, 2.24) is 19.7 Å². The molecule has 1 unspecified atom stereocenters. The van der Waals surface area contributed by atoms with Crippen molar-refractivity contribution in [3.8, 4) is 0 Å². The zero-order chi connectivity index (χ0) is 11.8. The first-order valence-corrected chi connectivity index (χ1v) is 6.28. The average Bonchev–Trinajstić information content (AvgIpc) is 2.69. The minimum atomic E-state index is 0.558. The standard InChI is InChI=1S/C13H18N4/c1-9-13(11-4-3-6-14-8-11)16-12-5-7-15-10(2)17(9)12/h5,7,11,14H,3-4,6,8H2,1-2H3. The Bertz CT molecular complexity index is 538. The molecule has 4 heteroatoms. The molecule has 0 amide bonds. The monoisotopic (exact) mass is 230 g/mol. The van der Waals surface area contributed by atoms with Crippen LogP contribution in [-0.2, 0) is 0 Å². The van der Waals surface area contributed by atoms with E-state index in [0.29, 0.717) is 5.92 Å². The maximum absolute atomic E-state index is 4.78. The molecule has 1 N–H and O–H groups in total. The number of hydrogen-bond donors (Lipinski definition) is 1. The van der Waals surface area contributed by atoms with Gasteiger partial charge in [-0.2, -0.15) is 0 Å². The Morgan fingerprint density at radius 2 is 2.29 bits per heavy atom. The van der Waals surface area contributed by atoms with E-state index in [0.717, 1.165) is 24.6 Å². The lowest BCUT2D eigenvalue weighted by Crippen LogP contribution is -2.28. The van der Waals surface area contributed by atoms with Crippen molar-refractivity contribution < 1.29 is 0 Å². The van der Waals surface area contributed by atoms with Gasteiger partial charge in [-0.1, -0.05) is 0 Å². The van der Waals surface area contributed by atoms with Crippen LogP contribution >= 0.6 is 0 Å². The molecule has 4 nitrogen and oxygen atoms in total. The highest BCUT2D eigenvalue weighted by Gasteiger charge is 2.21. The zero-order valence-corrected chi connectivity index (χ0v) is 10.4. The first kappa shape index (κ1) is 10.7. The van der Waals surface area contributed by atoms with E-state index in [4.69, 9.17) is 4.98 Å². The van der Waals surface area contributed by atoms with Crippen LogP contribution in [-0.4, -0.2) is 27.5 Å². The lowest BCUT2D eigenvalue weighted by molar-refractivity contribution is 0.454. The van der Waals surface area contributed by atoms with Crippen molar-refractivity contribution in [2.45, 2.75) is 32.6 Å². The molecular weight excluding hydrogens is 212 g/mol. The topological polar surface area (TPSA) is 42.2 Å². The third-order valence-electron chi connectivity index (χ3n) is 3.66. The smallest absolute Gasteiger partial charge is 0.140 e. The summed E-state index contributed by atoms with van der Waals surface area (Å²) in [6.45, 7) is 6.38. The lowest BCUT2D eigenvalue weighted by atomic mass is 9.95. The van der Waals surface area contributed by atoms with E-state index in [1.54, 1.807) is 0 Å². The number of hydrogen-bond acceptors (Lipinski definition) is 3. The maximum atomic E-state index is 4.78. The molecule has 0 aliphatic carbocycles. The van der Waals surface area contributed by atoms with Gasteiger partial charge in [0.2, 0.25) is 0 Å². The average molecular weight is 230 g/mol. The summed E-state index contributed by atoms with van der Waals surface area (Å²) in [6.07, 6.45) is 4.32. The summed E-state index contributed by atoms with van der Waals surface area (Å²) in [6, 6.07) is 1.99. The molecule has 0 spiro atoms. The van der Waals surface area contributed by atoms with E-state index in [-0.39, 0.29) is 0 Å². The van der Waals surface area contributed by atoms with E-state index in [1.165, 1.54) is 24.2 Å². The highest BCUT2D eigenvalue weighted by Crippen LogP contribution is 2.26. The molecule has 3 heterocycles. The molecule has 3 rings (SSSR count). The van der Waals surface area contributed by atoms with Gasteiger partial charge in [-0.3, -0.25) is 4.40 Å². The summed E-state index contributed by atoms with van der Waals surface area (Å²) < 4.78 is 2.16. The molecule has 2 aromatic heterocycles. The molecule has 1 saturated heterocycles. The highest BCUT2D eigenvalue weighted by atomic mass is 15.1. The number of piperidine rings is 1. The van der Waals surface area contributed by atoms with E-state index in [2.05, 4.69) is 21.6 Å². The lowest BCUT2D eigenvalue weighted by Gasteiger charge is -2.21. The second-order valence-corrected chi connectivity index (χ2v) is 4.81. The Morgan fingerprint density at radius 1 is 1.41 bits per heavy atom. The molecule has 2 aromatic rings. The Morgan fingerprint density at radius 3 is 3.00 bits per heavy atom. The van der Waals surface area contributed by atoms with Gasteiger partial charge in [0.1, 0.15) is 11.5 Å². The molecule has 0 saturated carbocycles. The van der Waals surface area contributed by atoms with Crippen molar-refractivity contribution in [2.24, 2.45) is 0 Å². The molecule has 1 atom stereocenters. The van der Waals surface area contributed by atoms with E-state index in [9.17, 15) is 0 Å². The second-order valence-electron chi connectivity index (χ2n) is 4.81. The van der Waals surface area contributed by atoms with Crippen LogP contribution in [0.1, 0.15) is 36.0 Å². The maximum Gasteiger partial charge on any atom is 0.140 e. The summed E-state index contributed by atoms with van der Waals surface area (Å²) >= 11 is 0. The SMILES string of the molecule is Cc1nccc2nc(C3CCCNC3)c(C)n12. The van der Waals surface area contributed by atoms with Crippen LogP contribution in [0.5, 0.6) is 0 Å². The minimum Gasteiger partial charge on any atom is -0.316 e. The number of aromatic nitrogens is 3. The Labute approximate surface area is 101 Å². The van der Waals surface area contributed by atoms with Gasteiger partial charge in [0.15, 0.2) is 0 Å². The normalized spacial score (nSPS) is 20.9. The minimum absolute atomic E-state index is 0.558. The van der Waals surface area contributed by atoms with Gasteiger partial charge in [-0.15, -0.1) is 0 Å². The molecule has 90 valence electrons. The zero-order valence-electron chi connectivity index (χ0n) is 10.4. The summed E-state index contributed by atoms with van der Waals surface area (Å²) in [5.41, 5.74) is 3.52. The molecule has 0 bridgehead atoms. The first-order chi connectivity index (χ1) is 8.27. The Hall–Kier alpha value is -1.42. The fraction of sp³-hybridized carbons (Fsp3) is 0.538. The Balaban J connectivity index is 2.10. The number of imidazole rings is 1. The van der Waals surface area contributed by atoms with Gasteiger partial charge in [-0.05, 0) is 39.3 Å². The molecule has 0 radical (unpaired) electrons. The summed E-state index contributed by atoms with van der Waals surface area (Å²) in [5, 5.41) is 3.45. The summed E-state index contributed by atoms with van der Waals surface area (Å²) in [7, 11) is 0. The second kappa shape index (κ2) is 4.11. The quantitative estimate of drug-likeness (QED) is 0.812. The third kappa shape index (κ3) is 1.72. The largest absolute Gasteiger partial charge is 0.316 e. The van der Waals surface area contributed by atoms with Crippen LogP contribution in [0.3, 0.4) is 0 Å². The molecule has 1 aliphatic rings. The molecule has 1 aliphatic heterocycles. The van der Waals surface area contributed by atoms with Gasteiger partial charge >= 0.3 is 0 Å². The predicted molar refractivity (Wildman–Crippen MR) is 67.3 cm³/mol. The number of aryl methyl sites for hydroxylation is 2. The fourth-order valence-corrected chi connectivity index (χ4v) is 2.80. The Kier molecular flexibility index (Phi) is 2.59. The van der Waals surface area contributed by atoms with Crippen LogP contribution < -0.4 is 5.32 Å². The summed E-state index contributed by atoms with van der Waals surface area (Å²) in [5.74, 6) is 1.57. The van der Waals surface area contributed by atoms with E-state index >= 15 is 0 Å². The van der Waals surface area contributed by atoms with Gasteiger partial charge in [0, 0.05) is 24.4 Å². The molecular formula is C13H18N4. The molecule has 0 aromatic carbocycles. The number of nitrogens with zero attached hydrogens (tertiary/aromatic N) is 3. The predicted octanol–water partition coefficient (Wildman–Crippen LogP) is 1.81. The van der Waals surface area contributed by atoms with Crippen molar-refractivity contribution in [2.75, 3.05) is 13.1 Å². The van der Waals surface area contributed by atoms with E-state index < -0.39 is 0 Å². The van der Waals surface area contributed by atoms with Crippen LogP contribution in [0, 0.1) is 13.8 Å². The van der Waals surface area contributed by atoms with Crippen molar-refractivity contribution in [3.05, 3.63) is 29.5 Å². The first-order valence-electron chi connectivity index (χ1n) is 6.28. The van der Waals surface area contributed by atoms with Gasteiger partial charge < -0.3 is 5.32 Å². The van der Waals surface area contributed by atoms with Gasteiger partial charge in [-0.25, -0.2) is 9.97 Å². The number of fused-ring (bicyclic) bond motifs is 1. The molecule has 1 fully saturated rings. The van der Waals surface area contributed by atoms with Gasteiger partial charge in [0.25, 0.3) is 0 Å². The van der Waals surface area contributed by atoms with Crippen molar-refractivity contribution >= 4 is 5.65 Å². The van der Waals surface area contributed by atoms with Crippen LogP contribution in [0.4, 0.5) is 0 Å². The van der Waals surface area contributed by atoms with Crippen molar-refractivity contribution in [1.29, 1.82) is 0 Å². The van der Waals surface area contributed by atoms with Gasteiger partial charge in [0.05, 0.1) is 5.69 Å². The van der Waals surface area contributed by atoms with Crippen LogP contribution in [0.2, 0.25) is 0 Å². The highest BCUT2D eigenvalue weighted by molar-refractivity contribution is 5.44. The van der Waals surface area contributed by atoms with Crippen LogP contribution in [0.25, 0.3) is 5.65 Å². The van der Waals surface area contributed by atoms with E-state index in [1.807, 2.05) is 19.2 Å². The van der Waals surface area contributed by atoms with Crippen molar-refractivity contribution in [3.63, 3.8) is 0 Å². The third-order valence-corrected chi connectivity index (χ3v) is 3.66. The fourth-order valence-electron chi connectivity index (χ4n) is 2.80. The number of rotatable bonds is 1. The number of nitrogens with one attached hydrogen (secondary N) is 1. The molecule has 17 heavy (non-hydrogen) atoms. The van der Waals surface area contributed by atoms with Crippen LogP contribution in [0.15, 0.2) is 12.3 Å². The summed E-state index contributed by atoms with van der Waals surface area (Å²) in [4.78, 5) is 9.11.